The van der Waals surface area contributed by atoms with Gasteiger partial charge in [-0.15, -0.1) is 0 Å². The molecule has 1 atom stereocenters. The van der Waals surface area contributed by atoms with Crippen LogP contribution >= 0.6 is 0 Å². The molecule has 2 heterocycles. The number of nitrogens with zero attached hydrogens (tertiary/aromatic N) is 2. The van der Waals surface area contributed by atoms with E-state index in [0.29, 0.717) is 0 Å². The van der Waals surface area contributed by atoms with E-state index in [0.717, 1.165) is 11.3 Å². The lowest BCUT2D eigenvalue weighted by Crippen LogP contribution is -2.46. The molecule has 1 unspecified atom stereocenters. The van der Waals surface area contributed by atoms with Crippen molar-refractivity contribution in [3.05, 3.63) is 71.4 Å². The molecule has 0 saturated carbocycles. The maximum atomic E-state index is 12.7. The second kappa shape index (κ2) is 3.97. The lowest BCUT2D eigenvalue weighted by molar-refractivity contribution is 0.0748. The van der Waals surface area contributed by atoms with Crippen LogP contribution in [0.15, 0.2) is 54.7 Å². The van der Waals surface area contributed by atoms with Gasteiger partial charge in [-0.25, -0.2) is 0 Å². The van der Waals surface area contributed by atoms with E-state index in [-0.39, 0.29) is 12.1 Å². The number of amides is 1. The average molecular weight is 262 g/mol. The van der Waals surface area contributed by atoms with E-state index in [1.807, 2.05) is 60.6 Å². The summed E-state index contributed by atoms with van der Waals surface area (Å²) in [6.45, 7) is 0. The summed E-state index contributed by atoms with van der Waals surface area (Å²) in [6.07, 6.45) is 3.84. The van der Waals surface area contributed by atoms with Gasteiger partial charge in [-0.2, -0.15) is 0 Å². The Morgan fingerprint density at radius 1 is 1.00 bits per heavy atom. The highest BCUT2D eigenvalue weighted by Crippen LogP contribution is 2.41. The van der Waals surface area contributed by atoms with Crippen molar-refractivity contribution in [2.75, 3.05) is 11.9 Å². The van der Waals surface area contributed by atoms with Crippen molar-refractivity contribution in [2.45, 2.75) is 6.17 Å². The Balaban J connectivity index is 1.94. The maximum absolute atomic E-state index is 12.7. The number of benzene rings is 2. The van der Waals surface area contributed by atoms with Gasteiger partial charge in [-0.3, -0.25) is 9.69 Å². The third-order valence-electron chi connectivity index (χ3n) is 4.07. The molecule has 2 aliphatic heterocycles. The molecule has 0 bridgehead atoms. The minimum atomic E-state index is -0.0569. The highest BCUT2D eigenvalue weighted by molar-refractivity contribution is 6.03. The van der Waals surface area contributed by atoms with E-state index in [4.69, 9.17) is 0 Å². The summed E-state index contributed by atoms with van der Waals surface area (Å²) in [5, 5.41) is 0. The molecule has 0 N–H and O–H groups in total. The van der Waals surface area contributed by atoms with Gasteiger partial charge in [0.2, 0.25) is 0 Å². The largest absolute Gasteiger partial charge is 0.349 e. The first kappa shape index (κ1) is 11.3. The topological polar surface area (TPSA) is 23.6 Å². The molecule has 20 heavy (non-hydrogen) atoms. The zero-order valence-corrected chi connectivity index (χ0v) is 11.2. The SMILES string of the molecule is CN1c2ccccc2C(=O)N2C=Cc3ccccc3C21. The number of carbonyl (C=O) groups is 1. The molecule has 1 amide bonds. The zero-order valence-electron chi connectivity index (χ0n) is 11.2. The Morgan fingerprint density at radius 2 is 1.75 bits per heavy atom. The van der Waals surface area contributed by atoms with Crippen molar-refractivity contribution in [2.24, 2.45) is 0 Å². The van der Waals surface area contributed by atoms with Crippen LogP contribution < -0.4 is 4.90 Å². The van der Waals surface area contributed by atoms with Gasteiger partial charge >= 0.3 is 0 Å². The average Bonchev–Trinajstić information content (AvgIpc) is 2.51. The lowest BCUT2D eigenvalue weighted by Gasteiger charge is -2.44. The van der Waals surface area contributed by atoms with E-state index in [9.17, 15) is 4.79 Å². The van der Waals surface area contributed by atoms with E-state index in [2.05, 4.69) is 17.0 Å². The molecule has 0 aliphatic carbocycles. The Labute approximate surface area is 117 Å². The normalized spacial score (nSPS) is 19.4. The number of para-hydroxylation sites is 1. The number of hydrogen-bond acceptors (Lipinski definition) is 2. The first-order valence-electron chi connectivity index (χ1n) is 6.69. The molecule has 2 aromatic rings. The van der Waals surface area contributed by atoms with E-state index in [1.54, 1.807) is 0 Å². The van der Waals surface area contributed by atoms with Crippen molar-refractivity contribution in [1.29, 1.82) is 0 Å². The van der Waals surface area contributed by atoms with Gasteiger partial charge in [0.15, 0.2) is 0 Å². The maximum Gasteiger partial charge on any atom is 0.261 e. The Hall–Kier alpha value is -2.55. The summed E-state index contributed by atoms with van der Waals surface area (Å²) in [4.78, 5) is 16.6. The fourth-order valence-corrected chi connectivity index (χ4v) is 3.10. The van der Waals surface area contributed by atoms with E-state index >= 15 is 0 Å². The minimum absolute atomic E-state index is 0.0569. The smallest absolute Gasteiger partial charge is 0.261 e. The number of hydrogen-bond donors (Lipinski definition) is 0. The van der Waals surface area contributed by atoms with Crippen LogP contribution in [0.3, 0.4) is 0 Å². The fraction of sp³-hybridized carbons (Fsp3) is 0.118. The molecular formula is C17H14N2O. The number of rotatable bonds is 0. The molecule has 3 heteroatoms. The van der Waals surface area contributed by atoms with Gasteiger partial charge in [-0.05, 0) is 23.8 Å². The van der Waals surface area contributed by atoms with Gasteiger partial charge < -0.3 is 4.90 Å². The van der Waals surface area contributed by atoms with E-state index in [1.165, 1.54) is 11.1 Å². The summed E-state index contributed by atoms with van der Waals surface area (Å²) in [6, 6.07) is 16.0. The van der Waals surface area contributed by atoms with Crippen molar-refractivity contribution >= 4 is 17.7 Å². The van der Waals surface area contributed by atoms with Crippen molar-refractivity contribution in [1.82, 2.24) is 4.90 Å². The molecular weight excluding hydrogens is 248 g/mol. The number of anilines is 1. The predicted molar refractivity (Wildman–Crippen MR) is 79.2 cm³/mol. The molecule has 0 fully saturated rings. The third-order valence-corrected chi connectivity index (χ3v) is 4.07. The molecule has 3 nitrogen and oxygen atoms in total. The van der Waals surface area contributed by atoms with E-state index < -0.39 is 0 Å². The lowest BCUT2D eigenvalue weighted by atomic mass is 9.96. The molecule has 0 aromatic heterocycles. The van der Waals surface area contributed by atoms with Crippen LogP contribution in [0.25, 0.3) is 6.08 Å². The first-order valence-corrected chi connectivity index (χ1v) is 6.69. The number of fused-ring (bicyclic) bond motifs is 4. The molecule has 4 rings (SSSR count). The van der Waals surface area contributed by atoms with Crippen molar-refractivity contribution in [3.63, 3.8) is 0 Å². The summed E-state index contributed by atoms with van der Waals surface area (Å²) >= 11 is 0. The highest BCUT2D eigenvalue weighted by Gasteiger charge is 2.37. The van der Waals surface area contributed by atoms with Gasteiger partial charge in [-0.1, -0.05) is 36.4 Å². The summed E-state index contributed by atoms with van der Waals surface area (Å²) in [5.74, 6) is 0.0643. The van der Waals surface area contributed by atoms with Crippen LogP contribution in [0.4, 0.5) is 5.69 Å². The first-order chi connectivity index (χ1) is 9.77. The standard InChI is InChI=1S/C17H14N2O/c1-18-15-9-5-4-8-14(15)17(20)19-11-10-12-6-2-3-7-13(12)16(18)19/h2-11,16H,1H3. The fourth-order valence-electron chi connectivity index (χ4n) is 3.10. The summed E-state index contributed by atoms with van der Waals surface area (Å²) < 4.78 is 0. The molecule has 2 aliphatic rings. The molecule has 0 saturated heterocycles. The predicted octanol–water partition coefficient (Wildman–Crippen LogP) is 3.26. The minimum Gasteiger partial charge on any atom is -0.349 e. The van der Waals surface area contributed by atoms with Gasteiger partial charge in [0.05, 0.1) is 11.3 Å². The van der Waals surface area contributed by atoms with Crippen LogP contribution in [0.1, 0.15) is 27.7 Å². The van der Waals surface area contributed by atoms with Crippen LogP contribution in [-0.4, -0.2) is 17.9 Å². The molecule has 0 spiro atoms. The van der Waals surface area contributed by atoms with Crippen LogP contribution in [0, 0.1) is 0 Å². The quantitative estimate of drug-likeness (QED) is 0.727. The van der Waals surface area contributed by atoms with Gasteiger partial charge in [0.25, 0.3) is 5.91 Å². The van der Waals surface area contributed by atoms with Crippen LogP contribution in [-0.2, 0) is 0 Å². The number of carbonyl (C=O) groups excluding carboxylic acids is 1. The molecule has 0 radical (unpaired) electrons. The van der Waals surface area contributed by atoms with Gasteiger partial charge in [0.1, 0.15) is 6.17 Å². The zero-order chi connectivity index (χ0) is 13.7. The third kappa shape index (κ3) is 1.37. The Kier molecular flexibility index (Phi) is 2.24. The summed E-state index contributed by atoms with van der Waals surface area (Å²) in [5.41, 5.74) is 4.09. The van der Waals surface area contributed by atoms with Crippen LogP contribution in [0.2, 0.25) is 0 Å². The van der Waals surface area contributed by atoms with Crippen molar-refractivity contribution in [3.8, 4) is 0 Å². The molecule has 2 aromatic carbocycles. The van der Waals surface area contributed by atoms with Crippen molar-refractivity contribution < 1.29 is 4.79 Å². The Bertz CT molecular complexity index is 735. The molecule has 98 valence electrons. The van der Waals surface area contributed by atoms with Crippen LogP contribution in [0.5, 0.6) is 0 Å². The highest BCUT2D eigenvalue weighted by atomic mass is 16.2. The second-order valence-corrected chi connectivity index (χ2v) is 5.16. The monoisotopic (exact) mass is 262 g/mol. The second-order valence-electron chi connectivity index (χ2n) is 5.16. The summed E-state index contributed by atoms with van der Waals surface area (Å²) in [7, 11) is 2.04. The van der Waals surface area contributed by atoms with Gasteiger partial charge in [0, 0.05) is 18.8 Å². The Morgan fingerprint density at radius 3 is 2.65 bits per heavy atom.